The lowest BCUT2D eigenvalue weighted by Gasteiger charge is -2.36. The Morgan fingerprint density at radius 3 is 1.46 bits per heavy atom. The molecule has 3 rings (SSSR count). The van der Waals surface area contributed by atoms with E-state index in [1.807, 2.05) is 74.4 Å². The monoisotopic (exact) mass is 853 g/mol. The zero-order valence-corrected chi connectivity index (χ0v) is 41.8. The first-order valence-electron chi connectivity index (χ1n) is 24.2. The minimum atomic E-state index is -0.559. The second-order valence-corrected chi connectivity index (χ2v) is 19.0. The van der Waals surface area contributed by atoms with E-state index in [2.05, 4.69) is 71.9 Å². The fraction of sp³-hybridized carbons (Fsp3) is 0.722. The van der Waals surface area contributed by atoms with Crippen molar-refractivity contribution in [2.75, 3.05) is 0 Å². The second kappa shape index (κ2) is 30.7. The van der Waals surface area contributed by atoms with Crippen LogP contribution in [0.4, 0.5) is 0 Å². The Labute approximate surface area is 374 Å². The van der Waals surface area contributed by atoms with Crippen LogP contribution in [0.5, 0.6) is 5.75 Å². The van der Waals surface area contributed by atoms with Crippen LogP contribution < -0.4 is 0 Å². The number of carbonyl (C=O) groups excluding carboxylic acids is 3. The summed E-state index contributed by atoms with van der Waals surface area (Å²) in [5.74, 6) is 1.25. The molecule has 7 heteroatoms. The topological polar surface area (TPSA) is 99.1 Å². The maximum atomic E-state index is 12.3. The standard InChI is InChI=1S/C21H40O4.C13H24O2.C10H14O.C10H14/c1-9-11-12-13-17(4)19(23)25-21(7,8)15-14-20(5,6)24-18(22)16(3)10-2;1-4-11(3)12(14)15-13(5-2)9-7-6-8-10-13;1-3-8(2)9-4-6-10(11)7-5-9;1-3-9(2)10-7-5-4-6-8-10/h16-17H,9-15H2,1-8H3;11H,4-10H2,1-3H3;4-8,11H,3H2,1-2H3;4-9H,3H2,1-2H3. The zero-order valence-electron chi connectivity index (χ0n) is 41.8. The minimum Gasteiger partial charge on any atom is -0.508 e. The van der Waals surface area contributed by atoms with Gasteiger partial charge in [0.25, 0.3) is 0 Å². The van der Waals surface area contributed by atoms with Gasteiger partial charge in [0, 0.05) is 0 Å². The first-order valence-corrected chi connectivity index (χ1v) is 24.2. The molecule has 7 nitrogen and oxygen atoms in total. The largest absolute Gasteiger partial charge is 0.508 e. The van der Waals surface area contributed by atoms with Gasteiger partial charge in [-0.25, -0.2) is 0 Å². The molecule has 0 aromatic heterocycles. The normalized spacial score (nSPS) is 15.9. The smallest absolute Gasteiger partial charge is 0.309 e. The number of carbonyl (C=O) groups is 3. The Morgan fingerprint density at radius 2 is 1.03 bits per heavy atom. The van der Waals surface area contributed by atoms with E-state index >= 15 is 0 Å². The Hall–Kier alpha value is -3.35. The van der Waals surface area contributed by atoms with Gasteiger partial charge in [-0.15, -0.1) is 0 Å². The molecular formula is C54H92O7. The van der Waals surface area contributed by atoms with Crippen LogP contribution in [0.1, 0.15) is 230 Å². The van der Waals surface area contributed by atoms with Crippen LogP contribution in [-0.4, -0.2) is 39.8 Å². The van der Waals surface area contributed by atoms with Gasteiger partial charge in [-0.1, -0.05) is 144 Å². The van der Waals surface area contributed by atoms with Crippen LogP contribution >= 0.6 is 0 Å². The molecule has 5 atom stereocenters. The highest BCUT2D eigenvalue weighted by atomic mass is 16.6. The van der Waals surface area contributed by atoms with E-state index in [-0.39, 0.29) is 41.3 Å². The number of aromatic hydroxyl groups is 1. The summed E-state index contributed by atoms with van der Waals surface area (Å²) < 4.78 is 17.1. The Kier molecular flexibility index (Phi) is 29.0. The number of benzene rings is 2. The summed E-state index contributed by atoms with van der Waals surface area (Å²) >= 11 is 0. The van der Waals surface area contributed by atoms with E-state index in [1.165, 1.54) is 36.8 Å². The van der Waals surface area contributed by atoms with Crippen molar-refractivity contribution in [3.8, 4) is 5.75 Å². The van der Waals surface area contributed by atoms with Crippen molar-refractivity contribution >= 4 is 17.9 Å². The average molecular weight is 853 g/mol. The van der Waals surface area contributed by atoms with Gasteiger partial charge in [-0.05, 0) is 140 Å². The van der Waals surface area contributed by atoms with Crippen LogP contribution in [0.3, 0.4) is 0 Å². The number of hydrogen-bond donors (Lipinski definition) is 1. The van der Waals surface area contributed by atoms with Gasteiger partial charge in [0.1, 0.15) is 22.6 Å². The molecular weight excluding hydrogens is 761 g/mol. The van der Waals surface area contributed by atoms with Crippen molar-refractivity contribution in [2.24, 2.45) is 17.8 Å². The molecule has 1 N–H and O–H groups in total. The summed E-state index contributed by atoms with van der Waals surface area (Å²) in [7, 11) is 0. The molecule has 2 aromatic carbocycles. The second-order valence-electron chi connectivity index (χ2n) is 19.0. The summed E-state index contributed by atoms with van der Waals surface area (Å²) in [6, 6.07) is 18.1. The van der Waals surface area contributed by atoms with Gasteiger partial charge in [-0.3, -0.25) is 14.4 Å². The molecule has 0 aliphatic heterocycles. The molecule has 0 spiro atoms. The van der Waals surface area contributed by atoms with Gasteiger partial charge in [0.2, 0.25) is 0 Å². The van der Waals surface area contributed by atoms with Crippen molar-refractivity contribution < 1.29 is 33.7 Å². The first kappa shape index (κ1) is 57.6. The predicted octanol–water partition coefficient (Wildman–Crippen LogP) is 15.5. The number of hydrogen-bond acceptors (Lipinski definition) is 7. The number of phenolic OH excluding ortho intramolecular Hbond substituents is 1. The van der Waals surface area contributed by atoms with E-state index < -0.39 is 11.2 Å². The molecule has 1 fully saturated rings. The highest BCUT2D eigenvalue weighted by Gasteiger charge is 2.35. The lowest BCUT2D eigenvalue weighted by atomic mass is 9.82. The van der Waals surface area contributed by atoms with Crippen molar-refractivity contribution in [3.63, 3.8) is 0 Å². The SMILES string of the molecule is CCC(C)C(=O)OC1(CC)CCCCC1.CCC(C)c1ccc(O)cc1.CCC(C)c1ccccc1.CCCCCC(C)C(=O)OC(C)(C)CCC(C)(C)OC(=O)C(C)CC. The van der Waals surface area contributed by atoms with Crippen LogP contribution in [-0.2, 0) is 28.6 Å². The molecule has 0 radical (unpaired) electrons. The Balaban J connectivity index is 0.000000845. The highest BCUT2D eigenvalue weighted by Crippen LogP contribution is 2.35. The van der Waals surface area contributed by atoms with Gasteiger partial charge >= 0.3 is 17.9 Å². The number of phenols is 1. The third-order valence-electron chi connectivity index (χ3n) is 12.5. The Bertz CT molecular complexity index is 1440. The van der Waals surface area contributed by atoms with Crippen LogP contribution in [0.15, 0.2) is 54.6 Å². The van der Waals surface area contributed by atoms with Gasteiger partial charge in [0.05, 0.1) is 17.8 Å². The van der Waals surface area contributed by atoms with Crippen LogP contribution in [0, 0.1) is 17.8 Å². The van der Waals surface area contributed by atoms with Gasteiger partial charge in [0.15, 0.2) is 0 Å². The maximum Gasteiger partial charge on any atom is 0.309 e. The lowest BCUT2D eigenvalue weighted by molar-refractivity contribution is -0.168. The molecule has 350 valence electrons. The van der Waals surface area contributed by atoms with Crippen LogP contribution in [0.25, 0.3) is 0 Å². The van der Waals surface area contributed by atoms with E-state index in [1.54, 1.807) is 12.1 Å². The Morgan fingerprint density at radius 1 is 0.590 bits per heavy atom. The van der Waals surface area contributed by atoms with Gasteiger partial charge in [-0.2, -0.15) is 0 Å². The van der Waals surface area contributed by atoms with E-state index in [0.717, 1.165) is 64.2 Å². The number of rotatable bonds is 20. The van der Waals surface area contributed by atoms with Crippen molar-refractivity contribution in [2.45, 2.75) is 235 Å². The summed E-state index contributed by atoms with van der Waals surface area (Å²) in [5, 5.41) is 9.01. The number of unbranched alkanes of at least 4 members (excludes halogenated alkanes) is 2. The van der Waals surface area contributed by atoms with Crippen molar-refractivity contribution in [1.82, 2.24) is 0 Å². The quantitative estimate of drug-likeness (QED) is 0.0804. The molecule has 1 aliphatic rings. The predicted molar refractivity (Wildman–Crippen MR) is 256 cm³/mol. The maximum absolute atomic E-state index is 12.3. The molecule has 0 heterocycles. The summed E-state index contributed by atoms with van der Waals surface area (Å²) in [6.07, 6.45) is 16.4. The molecule has 1 saturated carbocycles. The van der Waals surface area contributed by atoms with E-state index in [0.29, 0.717) is 30.4 Å². The average Bonchev–Trinajstić information content (AvgIpc) is 3.25. The van der Waals surface area contributed by atoms with Crippen LogP contribution in [0.2, 0.25) is 0 Å². The lowest BCUT2D eigenvalue weighted by Crippen LogP contribution is -2.38. The molecule has 2 aromatic rings. The minimum absolute atomic E-state index is 0.00116. The summed E-state index contributed by atoms with van der Waals surface area (Å²) in [4.78, 5) is 36.1. The molecule has 1 aliphatic carbocycles. The molecule has 5 unspecified atom stereocenters. The summed E-state index contributed by atoms with van der Waals surface area (Å²) in [6.45, 7) is 30.6. The molecule has 0 bridgehead atoms. The first-order chi connectivity index (χ1) is 28.6. The molecule has 0 amide bonds. The number of ether oxygens (including phenoxy) is 3. The molecule has 0 saturated heterocycles. The zero-order chi connectivity index (χ0) is 46.6. The third kappa shape index (κ3) is 24.8. The molecule has 61 heavy (non-hydrogen) atoms. The van der Waals surface area contributed by atoms with E-state index in [4.69, 9.17) is 19.3 Å². The fourth-order valence-electron chi connectivity index (χ4n) is 6.70. The van der Waals surface area contributed by atoms with Crippen molar-refractivity contribution in [3.05, 3.63) is 65.7 Å². The van der Waals surface area contributed by atoms with E-state index in [9.17, 15) is 14.4 Å². The van der Waals surface area contributed by atoms with Crippen molar-refractivity contribution in [1.29, 1.82) is 0 Å². The highest BCUT2D eigenvalue weighted by molar-refractivity contribution is 5.73. The third-order valence-corrected chi connectivity index (χ3v) is 12.5. The fourth-order valence-corrected chi connectivity index (χ4v) is 6.70. The summed E-state index contributed by atoms with van der Waals surface area (Å²) in [5.41, 5.74) is 1.50. The van der Waals surface area contributed by atoms with Gasteiger partial charge < -0.3 is 19.3 Å². The number of esters is 3.